The van der Waals surface area contributed by atoms with E-state index in [2.05, 4.69) is 5.32 Å². The molecule has 0 aromatic heterocycles. The highest BCUT2D eigenvalue weighted by Crippen LogP contribution is 2.17. The zero-order valence-electron chi connectivity index (χ0n) is 15.7. The summed E-state index contributed by atoms with van der Waals surface area (Å²) in [4.78, 5) is 12.4. The zero-order chi connectivity index (χ0) is 19.3. The molecular formula is C20H26N2O3S. The van der Waals surface area contributed by atoms with Crippen LogP contribution in [0.15, 0.2) is 53.4 Å². The molecular weight excluding hydrogens is 348 g/mol. The summed E-state index contributed by atoms with van der Waals surface area (Å²) in [5.74, 6) is -0.0597. The molecule has 0 aliphatic heterocycles. The summed E-state index contributed by atoms with van der Waals surface area (Å²) in [6.07, 6.45) is 0.332. The van der Waals surface area contributed by atoms with Gasteiger partial charge in [0.1, 0.15) is 0 Å². The Morgan fingerprint density at radius 3 is 2.27 bits per heavy atom. The normalized spacial score (nSPS) is 11.8. The van der Waals surface area contributed by atoms with E-state index in [1.807, 2.05) is 45.0 Å². The number of carbonyl (C=O) groups excluding carboxylic acids is 1. The van der Waals surface area contributed by atoms with E-state index in [1.54, 1.807) is 31.3 Å². The van der Waals surface area contributed by atoms with Crippen LogP contribution in [0, 0.1) is 6.92 Å². The minimum Gasteiger partial charge on any atom is -0.352 e. The van der Waals surface area contributed by atoms with Gasteiger partial charge in [-0.3, -0.25) is 4.79 Å². The van der Waals surface area contributed by atoms with E-state index >= 15 is 0 Å². The molecule has 0 fully saturated rings. The fraction of sp³-hybridized carbons (Fsp3) is 0.350. The molecule has 2 rings (SSSR count). The van der Waals surface area contributed by atoms with Crippen molar-refractivity contribution in [3.05, 3.63) is 65.2 Å². The molecule has 0 aliphatic carbocycles. The fourth-order valence-electron chi connectivity index (χ4n) is 2.47. The number of benzene rings is 2. The van der Waals surface area contributed by atoms with E-state index in [-0.39, 0.29) is 16.8 Å². The highest BCUT2D eigenvalue weighted by Gasteiger charge is 2.22. The van der Waals surface area contributed by atoms with Gasteiger partial charge in [0, 0.05) is 19.6 Å². The first-order valence-corrected chi connectivity index (χ1v) is 10.0. The van der Waals surface area contributed by atoms with Crippen molar-refractivity contribution < 1.29 is 13.2 Å². The van der Waals surface area contributed by atoms with E-state index in [1.165, 1.54) is 4.31 Å². The topological polar surface area (TPSA) is 66.5 Å². The van der Waals surface area contributed by atoms with Crippen LogP contribution in [-0.2, 0) is 27.8 Å². The number of carbonyl (C=O) groups is 1. The van der Waals surface area contributed by atoms with E-state index < -0.39 is 10.0 Å². The van der Waals surface area contributed by atoms with Gasteiger partial charge in [0.15, 0.2) is 0 Å². The average molecular weight is 375 g/mol. The van der Waals surface area contributed by atoms with Crippen molar-refractivity contribution in [2.75, 3.05) is 7.05 Å². The van der Waals surface area contributed by atoms with Gasteiger partial charge in [-0.15, -0.1) is 0 Å². The van der Waals surface area contributed by atoms with Gasteiger partial charge in [0.25, 0.3) is 0 Å². The maximum absolute atomic E-state index is 12.4. The van der Waals surface area contributed by atoms with E-state index in [9.17, 15) is 13.2 Å². The molecule has 2 aromatic rings. The smallest absolute Gasteiger partial charge is 0.243 e. The average Bonchev–Trinajstić information content (AvgIpc) is 2.61. The molecule has 0 aliphatic rings. The number of hydrogen-bond acceptors (Lipinski definition) is 3. The minimum atomic E-state index is -3.49. The molecule has 0 saturated carbocycles. The second-order valence-electron chi connectivity index (χ2n) is 6.64. The lowest BCUT2D eigenvalue weighted by Crippen LogP contribution is -2.33. The maximum Gasteiger partial charge on any atom is 0.243 e. The third-order valence-corrected chi connectivity index (χ3v) is 6.48. The summed E-state index contributed by atoms with van der Waals surface area (Å²) in [6, 6.07) is 14.3. The van der Waals surface area contributed by atoms with Crippen molar-refractivity contribution in [1.29, 1.82) is 0 Å². The molecule has 6 heteroatoms. The van der Waals surface area contributed by atoms with Crippen molar-refractivity contribution in [3.8, 4) is 0 Å². The molecule has 0 unspecified atom stereocenters. The lowest BCUT2D eigenvalue weighted by Gasteiger charge is -2.21. The van der Waals surface area contributed by atoms with Gasteiger partial charge in [0.2, 0.25) is 15.9 Å². The van der Waals surface area contributed by atoms with Crippen molar-refractivity contribution in [2.45, 2.75) is 44.7 Å². The van der Waals surface area contributed by atoms with Crippen molar-refractivity contribution >= 4 is 15.9 Å². The Hall–Kier alpha value is -2.18. The minimum absolute atomic E-state index is 0.0597. The van der Waals surface area contributed by atoms with Crippen LogP contribution in [0.1, 0.15) is 30.5 Å². The number of rotatable bonds is 7. The molecule has 1 N–H and O–H groups in total. The number of aryl methyl sites for hydroxylation is 1. The van der Waals surface area contributed by atoms with Crippen molar-refractivity contribution in [2.24, 2.45) is 0 Å². The summed E-state index contributed by atoms with van der Waals surface area (Å²) < 4.78 is 26.2. The third kappa shape index (κ3) is 4.93. The molecule has 0 heterocycles. The second-order valence-corrected chi connectivity index (χ2v) is 8.64. The number of sulfonamides is 1. The Morgan fingerprint density at radius 1 is 1.08 bits per heavy atom. The quantitative estimate of drug-likeness (QED) is 0.810. The summed E-state index contributed by atoms with van der Waals surface area (Å²) >= 11 is 0. The Labute approximate surface area is 156 Å². The van der Waals surface area contributed by atoms with Gasteiger partial charge >= 0.3 is 0 Å². The molecule has 0 saturated heterocycles. The SMILES string of the molecule is Cc1ccccc1CC(=O)NCc1ccc(S(=O)(=O)N(C)C(C)C)cc1. The Balaban J connectivity index is 1.97. The monoisotopic (exact) mass is 374 g/mol. The molecule has 1 amide bonds. The lowest BCUT2D eigenvalue weighted by molar-refractivity contribution is -0.120. The fourth-order valence-corrected chi connectivity index (χ4v) is 3.84. The van der Waals surface area contributed by atoms with E-state index in [4.69, 9.17) is 0 Å². The largest absolute Gasteiger partial charge is 0.352 e. The number of amides is 1. The first-order valence-electron chi connectivity index (χ1n) is 8.60. The first kappa shape index (κ1) is 20.1. The third-order valence-electron chi connectivity index (χ3n) is 4.43. The summed E-state index contributed by atoms with van der Waals surface area (Å²) in [6.45, 7) is 6.01. The standard InChI is InChI=1S/C20H26N2O3S/c1-15(2)22(4)26(24,25)19-11-9-17(10-12-19)14-21-20(23)13-18-8-6-5-7-16(18)3/h5-12,15H,13-14H2,1-4H3,(H,21,23). The van der Waals surface area contributed by atoms with Crippen LogP contribution in [0.3, 0.4) is 0 Å². The van der Waals surface area contributed by atoms with Gasteiger partial charge in [-0.1, -0.05) is 36.4 Å². The highest BCUT2D eigenvalue weighted by atomic mass is 32.2. The van der Waals surface area contributed by atoms with E-state index in [0.29, 0.717) is 13.0 Å². The number of nitrogens with one attached hydrogen (secondary N) is 1. The number of hydrogen-bond donors (Lipinski definition) is 1. The van der Waals surface area contributed by atoms with Crippen LogP contribution in [0.2, 0.25) is 0 Å². The molecule has 5 nitrogen and oxygen atoms in total. The van der Waals surface area contributed by atoms with Crippen LogP contribution in [0.25, 0.3) is 0 Å². The van der Waals surface area contributed by atoms with Crippen molar-refractivity contribution in [1.82, 2.24) is 9.62 Å². The molecule has 140 valence electrons. The van der Waals surface area contributed by atoms with Crippen LogP contribution in [0.4, 0.5) is 0 Å². The van der Waals surface area contributed by atoms with Crippen LogP contribution < -0.4 is 5.32 Å². The van der Waals surface area contributed by atoms with Gasteiger partial charge in [-0.25, -0.2) is 8.42 Å². The predicted molar refractivity (Wildman–Crippen MR) is 103 cm³/mol. The molecule has 0 radical (unpaired) electrons. The van der Waals surface area contributed by atoms with Gasteiger partial charge in [-0.2, -0.15) is 4.31 Å². The van der Waals surface area contributed by atoms with Gasteiger partial charge in [0.05, 0.1) is 11.3 Å². The molecule has 0 spiro atoms. The highest BCUT2D eigenvalue weighted by molar-refractivity contribution is 7.89. The lowest BCUT2D eigenvalue weighted by atomic mass is 10.1. The zero-order valence-corrected chi connectivity index (χ0v) is 16.5. The second kappa shape index (κ2) is 8.47. The van der Waals surface area contributed by atoms with E-state index in [0.717, 1.165) is 16.7 Å². The number of nitrogens with zero attached hydrogens (tertiary/aromatic N) is 1. The molecule has 0 atom stereocenters. The van der Waals surface area contributed by atoms with Crippen LogP contribution in [-0.4, -0.2) is 31.7 Å². The molecule has 2 aromatic carbocycles. The maximum atomic E-state index is 12.4. The Kier molecular flexibility index (Phi) is 6.56. The summed E-state index contributed by atoms with van der Waals surface area (Å²) in [7, 11) is -1.92. The van der Waals surface area contributed by atoms with Crippen LogP contribution >= 0.6 is 0 Å². The summed E-state index contributed by atoms with van der Waals surface area (Å²) in [5, 5.41) is 2.88. The van der Waals surface area contributed by atoms with Gasteiger partial charge < -0.3 is 5.32 Å². The van der Waals surface area contributed by atoms with Gasteiger partial charge in [-0.05, 0) is 49.6 Å². The Bertz CT molecular complexity index is 859. The predicted octanol–water partition coefficient (Wildman–Crippen LogP) is 2.88. The molecule has 0 bridgehead atoms. The van der Waals surface area contributed by atoms with Crippen molar-refractivity contribution in [3.63, 3.8) is 0 Å². The summed E-state index contributed by atoms with van der Waals surface area (Å²) in [5.41, 5.74) is 2.95. The molecule has 26 heavy (non-hydrogen) atoms. The first-order chi connectivity index (χ1) is 12.2. The Morgan fingerprint density at radius 2 is 1.69 bits per heavy atom. The van der Waals surface area contributed by atoms with Crippen LogP contribution in [0.5, 0.6) is 0 Å².